The van der Waals surface area contributed by atoms with Crippen LogP contribution in [0.3, 0.4) is 0 Å². The number of hydrogen-bond donors (Lipinski definition) is 2. The third-order valence-corrected chi connectivity index (χ3v) is 7.46. The number of anilines is 1. The van der Waals surface area contributed by atoms with Gasteiger partial charge in [-0.1, -0.05) is 0 Å². The Morgan fingerprint density at radius 2 is 2.03 bits per heavy atom. The van der Waals surface area contributed by atoms with Gasteiger partial charge in [-0.2, -0.15) is 19.0 Å². The molecule has 2 aliphatic rings. The van der Waals surface area contributed by atoms with E-state index in [1.54, 1.807) is 29.1 Å². The minimum atomic E-state index is -2.71. The van der Waals surface area contributed by atoms with Gasteiger partial charge in [-0.25, -0.2) is 19.3 Å². The summed E-state index contributed by atoms with van der Waals surface area (Å²) in [6.45, 7) is 1.20. The molecule has 1 aromatic carbocycles. The molecule has 0 bridgehead atoms. The normalized spacial score (nSPS) is 22.3. The number of nitrogens with two attached hydrogens (primary N) is 1. The van der Waals surface area contributed by atoms with Crippen molar-refractivity contribution in [2.45, 2.75) is 45.1 Å². The van der Waals surface area contributed by atoms with Crippen LogP contribution in [0.4, 0.5) is 14.6 Å². The van der Waals surface area contributed by atoms with Crippen LogP contribution in [0.2, 0.25) is 0 Å². The maximum atomic E-state index is 13.0. The van der Waals surface area contributed by atoms with E-state index in [1.165, 1.54) is 6.20 Å². The van der Waals surface area contributed by atoms with E-state index in [-0.39, 0.29) is 24.2 Å². The van der Waals surface area contributed by atoms with Gasteiger partial charge in [-0.05, 0) is 38.0 Å². The number of aliphatic hydroxyl groups excluding tert-OH is 1. The summed E-state index contributed by atoms with van der Waals surface area (Å²) < 4.78 is 34.0. The molecule has 184 valence electrons. The molecule has 2 fully saturated rings. The number of piperidine rings is 1. The zero-order chi connectivity index (χ0) is 24.3. The minimum absolute atomic E-state index is 0.0122. The number of nitrogens with zero attached hydrogens (tertiary/aromatic N) is 7. The average molecular weight is 485 g/mol. The van der Waals surface area contributed by atoms with Crippen LogP contribution in [0.25, 0.3) is 27.8 Å². The van der Waals surface area contributed by atoms with Gasteiger partial charge >= 0.3 is 6.55 Å². The topological polar surface area (TPSA) is 120 Å². The SMILES string of the molecule is C[C@@H]1OCC2(CCN(c3nc4cnn(-c5ccc6cn(C(F)F)nc6c5)c4nc3CO)CC2)[C@@H]1N. The van der Waals surface area contributed by atoms with Crippen molar-refractivity contribution in [1.29, 1.82) is 0 Å². The summed E-state index contributed by atoms with van der Waals surface area (Å²) in [6.07, 6.45) is 4.73. The van der Waals surface area contributed by atoms with E-state index < -0.39 is 6.55 Å². The second-order valence-electron chi connectivity index (χ2n) is 9.44. The van der Waals surface area contributed by atoms with Gasteiger partial charge in [0.05, 0.1) is 36.7 Å². The Balaban J connectivity index is 1.32. The summed E-state index contributed by atoms with van der Waals surface area (Å²) in [4.78, 5) is 11.6. The first kappa shape index (κ1) is 22.3. The van der Waals surface area contributed by atoms with Gasteiger partial charge in [0.25, 0.3) is 0 Å². The number of benzene rings is 1. The number of fused-ring (bicyclic) bond motifs is 2. The maximum absolute atomic E-state index is 13.0. The van der Waals surface area contributed by atoms with Crippen molar-refractivity contribution in [2.75, 3.05) is 24.6 Å². The Morgan fingerprint density at radius 1 is 1.23 bits per heavy atom. The second-order valence-corrected chi connectivity index (χ2v) is 9.44. The number of hydrogen-bond acceptors (Lipinski definition) is 8. The average Bonchev–Trinajstić information content (AvgIpc) is 3.56. The van der Waals surface area contributed by atoms with Crippen LogP contribution in [-0.4, -0.2) is 66.5 Å². The Kier molecular flexibility index (Phi) is 5.20. The van der Waals surface area contributed by atoms with Gasteiger partial charge in [0, 0.05) is 36.1 Å². The monoisotopic (exact) mass is 484 g/mol. The molecule has 0 saturated carbocycles. The summed E-state index contributed by atoms with van der Waals surface area (Å²) in [5, 5.41) is 19.1. The molecular weight excluding hydrogens is 458 g/mol. The quantitative estimate of drug-likeness (QED) is 0.453. The molecule has 2 atom stereocenters. The molecule has 3 N–H and O–H groups in total. The van der Waals surface area contributed by atoms with Gasteiger partial charge in [0.1, 0.15) is 11.2 Å². The van der Waals surface area contributed by atoms with Crippen molar-refractivity contribution >= 4 is 27.9 Å². The summed E-state index contributed by atoms with van der Waals surface area (Å²) in [6, 6.07) is 5.16. The molecule has 0 unspecified atom stereocenters. The lowest BCUT2D eigenvalue weighted by atomic mass is 9.73. The molecule has 1 spiro atoms. The highest BCUT2D eigenvalue weighted by Gasteiger charge is 2.47. The minimum Gasteiger partial charge on any atom is -0.390 e. The summed E-state index contributed by atoms with van der Waals surface area (Å²) in [7, 11) is 0. The van der Waals surface area contributed by atoms with E-state index in [4.69, 9.17) is 15.5 Å². The lowest BCUT2D eigenvalue weighted by molar-refractivity contribution is 0.0574. The van der Waals surface area contributed by atoms with E-state index in [0.717, 1.165) is 25.9 Å². The van der Waals surface area contributed by atoms with E-state index in [2.05, 4.69) is 20.1 Å². The third kappa shape index (κ3) is 3.55. The first-order chi connectivity index (χ1) is 16.9. The Morgan fingerprint density at radius 3 is 2.71 bits per heavy atom. The Hall–Kier alpha value is -3.22. The molecule has 6 rings (SSSR count). The van der Waals surface area contributed by atoms with Gasteiger partial charge in [0.2, 0.25) is 0 Å². The molecule has 3 aromatic heterocycles. The molecule has 2 aliphatic heterocycles. The van der Waals surface area contributed by atoms with Gasteiger partial charge in [0.15, 0.2) is 11.5 Å². The van der Waals surface area contributed by atoms with Crippen molar-refractivity contribution in [3.05, 3.63) is 36.3 Å². The summed E-state index contributed by atoms with van der Waals surface area (Å²) in [5.74, 6) is 0.640. The number of aromatic nitrogens is 6. The standard InChI is InChI=1S/C23H26F2N8O2/c1-13-19(26)23(12-35-13)4-6-31(7-5-23)20-18(11-34)29-21-17(28-20)9-27-33(21)15-3-2-14-10-32(22(24)25)30-16(14)8-15/h2-3,8-10,13,19,22,34H,4-7,11-12,26H2,1H3/t13-,19+/m0/s1. The van der Waals surface area contributed by atoms with Crippen molar-refractivity contribution < 1.29 is 18.6 Å². The molecule has 2 saturated heterocycles. The van der Waals surface area contributed by atoms with E-state index >= 15 is 0 Å². The fourth-order valence-electron chi connectivity index (χ4n) is 5.31. The zero-order valence-electron chi connectivity index (χ0n) is 19.2. The highest BCUT2D eigenvalue weighted by Crippen LogP contribution is 2.42. The van der Waals surface area contributed by atoms with Crippen LogP contribution in [-0.2, 0) is 11.3 Å². The Bertz CT molecular complexity index is 1400. The van der Waals surface area contributed by atoms with Crippen LogP contribution in [0.5, 0.6) is 0 Å². The van der Waals surface area contributed by atoms with Crippen LogP contribution in [0.15, 0.2) is 30.6 Å². The van der Waals surface area contributed by atoms with Gasteiger partial charge < -0.3 is 20.5 Å². The highest BCUT2D eigenvalue weighted by molar-refractivity contribution is 5.82. The Labute approximate surface area is 199 Å². The van der Waals surface area contributed by atoms with E-state index in [9.17, 15) is 13.9 Å². The molecule has 5 heterocycles. The summed E-state index contributed by atoms with van der Waals surface area (Å²) >= 11 is 0. The molecular formula is C23H26F2N8O2. The van der Waals surface area contributed by atoms with Crippen molar-refractivity contribution in [1.82, 2.24) is 29.5 Å². The van der Waals surface area contributed by atoms with E-state index in [1.807, 2.05) is 6.92 Å². The zero-order valence-corrected chi connectivity index (χ0v) is 19.2. The van der Waals surface area contributed by atoms with Gasteiger partial charge in [-0.15, -0.1) is 0 Å². The number of rotatable bonds is 4. The molecule has 35 heavy (non-hydrogen) atoms. The largest absolute Gasteiger partial charge is 0.390 e. The molecule has 12 heteroatoms. The second kappa shape index (κ2) is 8.18. The molecule has 0 amide bonds. The van der Waals surface area contributed by atoms with Crippen LogP contribution in [0.1, 0.15) is 32.0 Å². The lowest BCUT2D eigenvalue weighted by Crippen LogP contribution is -2.51. The highest BCUT2D eigenvalue weighted by atomic mass is 19.3. The molecule has 10 nitrogen and oxygen atoms in total. The maximum Gasteiger partial charge on any atom is 0.333 e. The van der Waals surface area contributed by atoms with Crippen molar-refractivity contribution in [3.8, 4) is 5.69 Å². The predicted molar refractivity (Wildman–Crippen MR) is 124 cm³/mol. The fraction of sp³-hybridized carbons (Fsp3) is 0.478. The van der Waals surface area contributed by atoms with Crippen LogP contribution in [0, 0.1) is 5.41 Å². The fourth-order valence-corrected chi connectivity index (χ4v) is 5.31. The molecule has 0 aliphatic carbocycles. The van der Waals surface area contributed by atoms with E-state index in [0.29, 0.717) is 50.6 Å². The number of alkyl halides is 2. The first-order valence-corrected chi connectivity index (χ1v) is 11.6. The predicted octanol–water partition coefficient (Wildman–Crippen LogP) is 2.39. The number of halogens is 2. The molecule has 4 aromatic rings. The smallest absolute Gasteiger partial charge is 0.333 e. The number of aliphatic hydroxyl groups is 1. The lowest BCUT2D eigenvalue weighted by Gasteiger charge is -2.41. The summed E-state index contributed by atoms with van der Waals surface area (Å²) in [5.41, 5.74) is 8.96. The van der Waals surface area contributed by atoms with Crippen molar-refractivity contribution in [3.63, 3.8) is 0 Å². The third-order valence-electron chi connectivity index (χ3n) is 7.46. The van der Waals surface area contributed by atoms with Crippen molar-refractivity contribution in [2.24, 2.45) is 11.1 Å². The molecule has 0 radical (unpaired) electrons. The number of ether oxygens (including phenoxy) is 1. The van der Waals surface area contributed by atoms with Crippen LogP contribution >= 0.6 is 0 Å². The van der Waals surface area contributed by atoms with Gasteiger partial charge in [-0.3, -0.25) is 0 Å². The first-order valence-electron chi connectivity index (χ1n) is 11.6. The van der Waals surface area contributed by atoms with Crippen LogP contribution < -0.4 is 10.6 Å².